The first-order valence-electron chi connectivity index (χ1n) is 6.30. The molecule has 0 spiro atoms. The van der Waals surface area contributed by atoms with Gasteiger partial charge in [0.1, 0.15) is 12.2 Å². The van der Waals surface area contributed by atoms with E-state index in [4.69, 9.17) is 0 Å². The lowest BCUT2D eigenvalue weighted by Crippen LogP contribution is -2.26. The molecule has 2 rings (SSSR count). The lowest BCUT2D eigenvalue weighted by atomic mass is 10.2. The summed E-state index contributed by atoms with van der Waals surface area (Å²) in [7, 11) is -1.76. The van der Waals surface area contributed by atoms with Crippen molar-refractivity contribution in [3.63, 3.8) is 0 Å². The Bertz CT molecular complexity index is 688. The fourth-order valence-corrected chi connectivity index (χ4v) is 3.84. The van der Waals surface area contributed by atoms with Crippen molar-refractivity contribution < 1.29 is 8.42 Å². The Morgan fingerprint density at radius 3 is 2.86 bits per heavy atom. The van der Waals surface area contributed by atoms with Gasteiger partial charge in [-0.2, -0.15) is 5.10 Å². The maximum atomic E-state index is 12.3. The van der Waals surface area contributed by atoms with Gasteiger partial charge in [0.2, 0.25) is 10.0 Å². The maximum Gasteiger partial charge on any atom is 0.241 e. The summed E-state index contributed by atoms with van der Waals surface area (Å²) in [5, 5.41) is 9.39. The largest absolute Gasteiger partial charge is 0.316 e. The monoisotopic (exact) mass is 373 g/mol. The highest BCUT2D eigenvalue weighted by molar-refractivity contribution is 9.10. The van der Waals surface area contributed by atoms with Crippen molar-refractivity contribution in [1.29, 1.82) is 0 Å². The highest BCUT2D eigenvalue weighted by Gasteiger charge is 2.17. The van der Waals surface area contributed by atoms with Crippen LogP contribution in [0.15, 0.2) is 33.9 Å². The van der Waals surface area contributed by atoms with Crippen LogP contribution in [0, 0.1) is 0 Å². The Hall–Kier alpha value is -1.29. The fraction of sp³-hybridized carbons (Fsp3) is 0.333. The van der Waals surface area contributed by atoms with E-state index in [2.05, 4.69) is 41.2 Å². The van der Waals surface area contributed by atoms with Crippen molar-refractivity contribution in [2.24, 2.45) is 0 Å². The first kappa shape index (κ1) is 16.1. The van der Waals surface area contributed by atoms with Crippen molar-refractivity contribution in [3.05, 3.63) is 40.4 Å². The molecule has 0 radical (unpaired) electrons. The number of hydrogen-bond acceptors (Lipinski definition) is 5. The van der Waals surface area contributed by atoms with Crippen LogP contribution >= 0.6 is 15.9 Å². The predicted molar refractivity (Wildman–Crippen MR) is 82.2 cm³/mol. The second kappa shape index (κ2) is 7.12. The molecule has 0 unspecified atom stereocenters. The highest BCUT2D eigenvalue weighted by atomic mass is 79.9. The molecule has 0 amide bonds. The molecule has 7 nitrogen and oxygen atoms in total. The minimum atomic E-state index is -3.57. The lowest BCUT2D eigenvalue weighted by molar-refractivity contribution is 0.580. The summed E-state index contributed by atoms with van der Waals surface area (Å²) in [6.07, 6.45) is 1.84. The van der Waals surface area contributed by atoms with E-state index >= 15 is 0 Å². The summed E-state index contributed by atoms with van der Waals surface area (Å²) < 4.78 is 27.8. The van der Waals surface area contributed by atoms with Gasteiger partial charge in [0, 0.05) is 24.0 Å². The zero-order chi connectivity index (χ0) is 15.3. The normalized spacial score (nSPS) is 11.7. The van der Waals surface area contributed by atoms with E-state index < -0.39 is 10.0 Å². The van der Waals surface area contributed by atoms with Crippen LogP contribution in [0.2, 0.25) is 0 Å². The average molecular weight is 374 g/mol. The van der Waals surface area contributed by atoms with Crippen LogP contribution in [0.3, 0.4) is 0 Å². The summed E-state index contributed by atoms with van der Waals surface area (Å²) in [4.78, 5) is 4.18. The molecule has 0 atom stereocenters. The molecule has 0 bridgehead atoms. The second-order valence-corrected chi connectivity index (χ2v) is 6.96. The van der Waals surface area contributed by atoms with E-state index in [9.17, 15) is 8.42 Å². The molecule has 114 valence electrons. The second-order valence-electron chi connectivity index (χ2n) is 4.38. The number of aromatic nitrogens is 3. The number of nitrogens with one attached hydrogen (secondary N) is 3. The summed E-state index contributed by atoms with van der Waals surface area (Å²) in [6.45, 7) is 0.855. The van der Waals surface area contributed by atoms with Crippen molar-refractivity contribution in [1.82, 2.24) is 25.2 Å². The van der Waals surface area contributed by atoms with E-state index in [1.807, 2.05) is 13.1 Å². The minimum Gasteiger partial charge on any atom is -0.316 e. The van der Waals surface area contributed by atoms with Gasteiger partial charge < -0.3 is 5.32 Å². The zero-order valence-corrected chi connectivity index (χ0v) is 13.8. The smallest absolute Gasteiger partial charge is 0.241 e. The van der Waals surface area contributed by atoms with Crippen LogP contribution in [-0.2, 0) is 23.0 Å². The number of aromatic amines is 1. The van der Waals surface area contributed by atoms with E-state index in [1.165, 1.54) is 6.33 Å². The number of hydrogen-bond donors (Lipinski definition) is 3. The van der Waals surface area contributed by atoms with Gasteiger partial charge in [0.05, 0.1) is 4.90 Å². The Morgan fingerprint density at radius 2 is 2.19 bits per heavy atom. The van der Waals surface area contributed by atoms with E-state index in [-0.39, 0.29) is 11.4 Å². The predicted octanol–water partition coefficient (Wildman–Crippen LogP) is 0.808. The first-order chi connectivity index (χ1) is 10.0. The molecule has 1 aromatic heterocycles. The molecule has 9 heteroatoms. The lowest BCUT2D eigenvalue weighted by Gasteiger charge is -2.10. The molecule has 0 saturated carbocycles. The molecule has 0 aliphatic heterocycles. The van der Waals surface area contributed by atoms with Gasteiger partial charge in [-0.15, -0.1) is 0 Å². The molecule has 0 fully saturated rings. The van der Waals surface area contributed by atoms with Gasteiger partial charge in [-0.1, -0.05) is 6.07 Å². The minimum absolute atomic E-state index is 0.229. The Labute approximate surface area is 131 Å². The van der Waals surface area contributed by atoms with Crippen molar-refractivity contribution in [2.75, 3.05) is 13.6 Å². The van der Waals surface area contributed by atoms with Gasteiger partial charge in [0.25, 0.3) is 0 Å². The zero-order valence-electron chi connectivity index (χ0n) is 11.4. The van der Waals surface area contributed by atoms with Crippen LogP contribution in [-0.4, -0.2) is 37.2 Å². The third-order valence-corrected chi connectivity index (χ3v) is 5.24. The molecule has 1 heterocycles. The molecular weight excluding hydrogens is 358 g/mol. The highest BCUT2D eigenvalue weighted by Crippen LogP contribution is 2.23. The van der Waals surface area contributed by atoms with E-state index in [0.29, 0.717) is 23.3 Å². The van der Waals surface area contributed by atoms with Crippen LogP contribution < -0.4 is 10.0 Å². The van der Waals surface area contributed by atoms with Gasteiger partial charge in [-0.25, -0.2) is 18.1 Å². The molecule has 0 aliphatic carbocycles. The maximum absolute atomic E-state index is 12.3. The third kappa shape index (κ3) is 4.34. The molecule has 0 aliphatic rings. The molecular formula is C12H16BrN5O2S. The van der Waals surface area contributed by atoms with Crippen molar-refractivity contribution >= 4 is 26.0 Å². The van der Waals surface area contributed by atoms with Crippen LogP contribution in [0.4, 0.5) is 0 Å². The van der Waals surface area contributed by atoms with Crippen LogP contribution in [0.5, 0.6) is 0 Å². The number of rotatable bonds is 7. The fourth-order valence-electron chi connectivity index (χ4n) is 1.80. The van der Waals surface area contributed by atoms with Crippen molar-refractivity contribution in [3.8, 4) is 0 Å². The number of sulfonamides is 1. The van der Waals surface area contributed by atoms with E-state index in [0.717, 1.165) is 5.56 Å². The molecule has 21 heavy (non-hydrogen) atoms. The standard InChI is InChI=1S/C12H16BrN5O2S/c1-14-7-9-2-3-10(13)11(6-9)21(19,20)17-5-4-12-15-8-16-18-12/h2-3,6,8,14,17H,4-5,7H2,1H3,(H,15,16,18). The Balaban J connectivity index is 2.09. The van der Waals surface area contributed by atoms with Gasteiger partial charge in [-0.3, -0.25) is 5.10 Å². The Kier molecular flexibility index (Phi) is 5.45. The number of H-pyrrole nitrogens is 1. The molecule has 0 saturated heterocycles. The van der Waals surface area contributed by atoms with Crippen LogP contribution in [0.25, 0.3) is 0 Å². The molecule has 1 aromatic carbocycles. The topological polar surface area (TPSA) is 99.8 Å². The molecule has 2 aromatic rings. The quantitative estimate of drug-likeness (QED) is 0.666. The molecule has 3 N–H and O–H groups in total. The van der Waals surface area contributed by atoms with Gasteiger partial charge >= 0.3 is 0 Å². The summed E-state index contributed by atoms with van der Waals surface area (Å²) >= 11 is 3.28. The first-order valence-corrected chi connectivity index (χ1v) is 8.57. The van der Waals surface area contributed by atoms with Crippen LogP contribution in [0.1, 0.15) is 11.4 Å². The average Bonchev–Trinajstić information content (AvgIpc) is 2.94. The van der Waals surface area contributed by atoms with E-state index in [1.54, 1.807) is 12.1 Å². The Morgan fingerprint density at radius 1 is 1.38 bits per heavy atom. The summed E-state index contributed by atoms with van der Waals surface area (Å²) in [5.74, 6) is 0.640. The van der Waals surface area contributed by atoms with Crippen molar-refractivity contribution in [2.45, 2.75) is 17.9 Å². The third-order valence-electron chi connectivity index (χ3n) is 2.78. The number of nitrogens with zero attached hydrogens (tertiary/aromatic N) is 2. The summed E-state index contributed by atoms with van der Waals surface area (Å²) in [6, 6.07) is 5.25. The summed E-state index contributed by atoms with van der Waals surface area (Å²) in [5.41, 5.74) is 0.899. The SMILES string of the molecule is CNCc1ccc(Br)c(S(=O)(=O)NCCc2ncn[nH]2)c1. The van der Waals surface area contributed by atoms with Gasteiger partial charge in [0.15, 0.2) is 0 Å². The van der Waals surface area contributed by atoms with Gasteiger partial charge in [-0.05, 0) is 40.7 Å². The number of halogens is 1. The number of benzene rings is 1.